The number of carbonyl (C=O) groups is 3. The van der Waals surface area contributed by atoms with Gasteiger partial charge in [-0.25, -0.2) is 14.1 Å². The number of urea groups is 1. The van der Waals surface area contributed by atoms with E-state index in [-0.39, 0.29) is 16.6 Å². The molecule has 0 saturated carbocycles. The predicted octanol–water partition coefficient (Wildman–Crippen LogP) is 2.33. The molecule has 4 amide bonds. The molecule has 1 fully saturated rings. The first-order valence-electron chi connectivity index (χ1n) is 5.96. The van der Waals surface area contributed by atoms with E-state index in [1.807, 2.05) is 0 Å². The zero-order valence-corrected chi connectivity index (χ0v) is 11.6. The number of barbiturate groups is 1. The minimum atomic E-state index is -0.991. The van der Waals surface area contributed by atoms with Crippen LogP contribution in [-0.4, -0.2) is 17.8 Å². The molecule has 2 rings (SSSR count). The average molecular weight is 299 g/mol. The average Bonchev–Trinajstić information content (AvgIpc) is 2.25. The lowest BCUT2D eigenvalue weighted by molar-refractivity contribution is -0.136. The summed E-state index contributed by atoms with van der Waals surface area (Å²) in [6.07, 6.45) is 0. The third-order valence-corrected chi connectivity index (χ3v) is 3.19. The van der Waals surface area contributed by atoms with Crippen molar-refractivity contribution in [1.29, 1.82) is 0 Å². The van der Waals surface area contributed by atoms with Crippen LogP contribution in [0.4, 0.5) is 14.9 Å². The number of rotatable bonds is 2. The maximum Gasteiger partial charge on any atom is 0.335 e. The largest absolute Gasteiger partial charge is 0.335 e. The lowest BCUT2D eigenvalue weighted by Gasteiger charge is -2.31. The lowest BCUT2D eigenvalue weighted by Crippen LogP contribution is -2.59. The second-order valence-electron chi connectivity index (χ2n) is 4.82. The molecule has 5 nitrogen and oxygen atoms in total. The molecule has 1 saturated heterocycles. The number of hydrogen-bond acceptors (Lipinski definition) is 3. The van der Waals surface area contributed by atoms with Gasteiger partial charge in [-0.1, -0.05) is 25.4 Å². The highest BCUT2D eigenvalue weighted by Gasteiger charge is 2.42. The summed E-state index contributed by atoms with van der Waals surface area (Å²) in [5, 5.41) is 2.14. The smallest absolute Gasteiger partial charge is 0.277 e. The second-order valence-corrected chi connectivity index (χ2v) is 5.25. The van der Waals surface area contributed by atoms with Crippen LogP contribution in [0.3, 0.4) is 0 Å². The van der Waals surface area contributed by atoms with Gasteiger partial charge in [-0.05, 0) is 24.1 Å². The fraction of sp³-hybridized carbons (Fsp3) is 0.308. The van der Waals surface area contributed by atoms with Crippen LogP contribution >= 0.6 is 11.6 Å². The van der Waals surface area contributed by atoms with E-state index >= 15 is 0 Å². The Kier molecular flexibility index (Phi) is 3.76. The van der Waals surface area contributed by atoms with Crippen molar-refractivity contribution in [3.05, 3.63) is 29.0 Å². The molecule has 7 heteroatoms. The number of carbonyl (C=O) groups excluding carboxylic acids is 3. The summed E-state index contributed by atoms with van der Waals surface area (Å²) < 4.78 is 13.3. The fourth-order valence-corrected chi connectivity index (χ4v) is 2.31. The number of nitrogens with one attached hydrogen (secondary N) is 1. The number of imide groups is 2. The summed E-state index contributed by atoms with van der Waals surface area (Å²) >= 11 is 5.72. The molecule has 1 unspecified atom stereocenters. The Hall–Kier alpha value is -1.95. The van der Waals surface area contributed by atoms with E-state index in [4.69, 9.17) is 11.6 Å². The highest BCUT2D eigenvalue weighted by Crippen LogP contribution is 2.27. The van der Waals surface area contributed by atoms with Crippen LogP contribution in [0.1, 0.15) is 13.8 Å². The number of anilines is 1. The van der Waals surface area contributed by atoms with Gasteiger partial charge in [0.1, 0.15) is 11.7 Å². The molecule has 1 N–H and O–H groups in total. The number of amides is 4. The minimum absolute atomic E-state index is 0.00403. The maximum absolute atomic E-state index is 13.3. The van der Waals surface area contributed by atoms with Crippen molar-refractivity contribution in [2.24, 2.45) is 11.8 Å². The quantitative estimate of drug-likeness (QED) is 0.852. The summed E-state index contributed by atoms with van der Waals surface area (Å²) in [4.78, 5) is 36.5. The number of hydrogen-bond donors (Lipinski definition) is 1. The predicted molar refractivity (Wildman–Crippen MR) is 70.8 cm³/mol. The molecule has 0 spiro atoms. The summed E-state index contributed by atoms with van der Waals surface area (Å²) in [5.74, 6) is -3.29. The van der Waals surface area contributed by atoms with Crippen molar-refractivity contribution in [3.63, 3.8) is 0 Å². The van der Waals surface area contributed by atoms with Crippen molar-refractivity contribution >= 4 is 35.1 Å². The SMILES string of the molecule is CC(C)C1C(=O)NC(=O)N(c2cc(F)cc(Cl)c2)C1=O. The Labute approximate surface area is 119 Å². The van der Waals surface area contributed by atoms with E-state index in [1.165, 1.54) is 6.07 Å². The van der Waals surface area contributed by atoms with Gasteiger partial charge in [0.25, 0.3) is 0 Å². The highest BCUT2D eigenvalue weighted by atomic mass is 35.5. The first-order chi connectivity index (χ1) is 9.31. The van der Waals surface area contributed by atoms with Crippen molar-refractivity contribution in [2.45, 2.75) is 13.8 Å². The fourth-order valence-electron chi connectivity index (χ4n) is 2.09. The Bertz CT molecular complexity index is 583. The van der Waals surface area contributed by atoms with E-state index in [0.717, 1.165) is 17.0 Å². The minimum Gasteiger partial charge on any atom is -0.277 e. The summed E-state index contributed by atoms with van der Waals surface area (Å²) in [5.41, 5.74) is -0.00403. The highest BCUT2D eigenvalue weighted by molar-refractivity contribution is 6.32. The van der Waals surface area contributed by atoms with Crippen molar-refractivity contribution in [3.8, 4) is 0 Å². The molecule has 106 valence electrons. The maximum atomic E-state index is 13.3. The Morgan fingerprint density at radius 2 is 1.90 bits per heavy atom. The van der Waals surface area contributed by atoms with Gasteiger partial charge in [0.15, 0.2) is 0 Å². The van der Waals surface area contributed by atoms with Gasteiger partial charge >= 0.3 is 6.03 Å². The Morgan fingerprint density at radius 1 is 1.25 bits per heavy atom. The van der Waals surface area contributed by atoms with Crippen LogP contribution in [0.2, 0.25) is 5.02 Å². The van der Waals surface area contributed by atoms with Gasteiger partial charge in [0.05, 0.1) is 5.69 Å². The molecule has 1 heterocycles. The molecule has 20 heavy (non-hydrogen) atoms. The van der Waals surface area contributed by atoms with Crippen molar-refractivity contribution in [2.75, 3.05) is 4.90 Å². The van der Waals surface area contributed by atoms with E-state index in [9.17, 15) is 18.8 Å². The molecule has 1 atom stereocenters. The third-order valence-electron chi connectivity index (χ3n) is 2.97. The number of nitrogens with zero attached hydrogens (tertiary/aromatic N) is 1. The molecule has 0 radical (unpaired) electrons. The second kappa shape index (κ2) is 5.20. The van der Waals surface area contributed by atoms with Crippen LogP contribution in [0.5, 0.6) is 0 Å². The number of halogens is 2. The molecule has 1 aliphatic heterocycles. The van der Waals surface area contributed by atoms with Gasteiger partial charge in [-0.3, -0.25) is 14.9 Å². The van der Waals surface area contributed by atoms with Gasteiger partial charge in [-0.15, -0.1) is 0 Å². The monoisotopic (exact) mass is 298 g/mol. The van der Waals surface area contributed by atoms with E-state index in [2.05, 4.69) is 5.32 Å². The summed E-state index contributed by atoms with van der Waals surface area (Å²) in [7, 11) is 0. The zero-order valence-electron chi connectivity index (χ0n) is 10.8. The summed E-state index contributed by atoms with van der Waals surface area (Å²) in [6, 6.07) is 2.45. The normalized spacial score (nSPS) is 19.6. The summed E-state index contributed by atoms with van der Waals surface area (Å²) in [6.45, 7) is 3.38. The molecule has 1 aromatic carbocycles. The lowest BCUT2D eigenvalue weighted by atomic mass is 9.92. The van der Waals surface area contributed by atoms with E-state index in [0.29, 0.717) is 0 Å². The van der Waals surface area contributed by atoms with Crippen LogP contribution in [0, 0.1) is 17.7 Å². The van der Waals surface area contributed by atoms with Gasteiger partial charge in [0.2, 0.25) is 11.8 Å². The third kappa shape index (κ3) is 2.51. The number of benzene rings is 1. The van der Waals surface area contributed by atoms with Gasteiger partial charge in [0, 0.05) is 5.02 Å². The molecular weight excluding hydrogens is 287 g/mol. The molecule has 0 bridgehead atoms. The molecule has 1 aliphatic rings. The van der Waals surface area contributed by atoms with Crippen LogP contribution < -0.4 is 10.2 Å². The van der Waals surface area contributed by atoms with Crippen molar-refractivity contribution < 1.29 is 18.8 Å². The first-order valence-corrected chi connectivity index (χ1v) is 6.34. The molecule has 0 aliphatic carbocycles. The first kappa shape index (κ1) is 14.5. The molecule has 1 aromatic rings. The standard InChI is InChI=1S/C13H12ClFN2O3/c1-6(2)10-11(18)16-13(20)17(12(10)19)9-4-7(14)3-8(15)5-9/h3-6,10H,1-2H3,(H,16,18,20). The van der Waals surface area contributed by atoms with Gasteiger partial charge < -0.3 is 0 Å². The van der Waals surface area contributed by atoms with Crippen molar-refractivity contribution in [1.82, 2.24) is 5.32 Å². The molecule has 0 aromatic heterocycles. The zero-order chi connectivity index (χ0) is 15.0. The van der Waals surface area contributed by atoms with Crippen LogP contribution in [0.25, 0.3) is 0 Å². The topological polar surface area (TPSA) is 66.5 Å². The van der Waals surface area contributed by atoms with Crippen LogP contribution in [-0.2, 0) is 9.59 Å². The van der Waals surface area contributed by atoms with E-state index in [1.54, 1.807) is 13.8 Å². The molecular formula is C13H12ClFN2O3. The Morgan fingerprint density at radius 3 is 2.45 bits per heavy atom. The Balaban J connectivity index is 2.46. The van der Waals surface area contributed by atoms with Crippen LogP contribution in [0.15, 0.2) is 18.2 Å². The van der Waals surface area contributed by atoms with E-state index < -0.39 is 29.6 Å². The van der Waals surface area contributed by atoms with Gasteiger partial charge in [-0.2, -0.15) is 0 Å².